The average Bonchev–Trinajstić information content (AvgIpc) is 3.40. The first-order valence-electron chi connectivity index (χ1n) is 8.43. The van der Waals surface area contributed by atoms with Crippen LogP contribution in [0.15, 0.2) is 55.2 Å². The molecule has 136 valence electrons. The van der Waals surface area contributed by atoms with Crippen molar-refractivity contribution in [3.05, 3.63) is 71.4 Å². The summed E-state index contributed by atoms with van der Waals surface area (Å²) in [4.78, 5) is 22.2. The summed E-state index contributed by atoms with van der Waals surface area (Å²) >= 11 is 1.38. The fourth-order valence-electron chi connectivity index (χ4n) is 2.81. The predicted molar refractivity (Wildman–Crippen MR) is 104 cm³/mol. The van der Waals surface area contributed by atoms with Gasteiger partial charge in [0, 0.05) is 43.9 Å². The van der Waals surface area contributed by atoms with Gasteiger partial charge in [-0.2, -0.15) is 5.10 Å². The molecule has 0 unspecified atom stereocenters. The van der Waals surface area contributed by atoms with E-state index in [1.54, 1.807) is 17.1 Å². The minimum absolute atomic E-state index is 0.135. The Morgan fingerprint density at radius 1 is 1.26 bits per heavy atom. The Hall–Kier alpha value is -3.26. The van der Waals surface area contributed by atoms with Crippen LogP contribution in [0.4, 0.5) is 0 Å². The van der Waals surface area contributed by atoms with Crippen LogP contribution in [0.5, 0.6) is 0 Å². The smallest absolute Gasteiger partial charge is 0.263 e. The number of hydrogen-bond acceptors (Lipinski definition) is 5. The monoisotopic (exact) mass is 378 g/mol. The second-order valence-corrected chi connectivity index (χ2v) is 7.08. The van der Waals surface area contributed by atoms with Crippen LogP contribution in [-0.4, -0.2) is 30.2 Å². The summed E-state index contributed by atoms with van der Waals surface area (Å²) < 4.78 is 3.63. The second kappa shape index (κ2) is 7.16. The second-order valence-electron chi connectivity index (χ2n) is 6.10. The standard InChI is InChI=1S/C19H18N6OS/c1-13-17(27-19(23-13)25-8-3-4-9-25)18(26)21-10-14-6-5-7-20-16(14)15-11-22-24(2)12-15/h3-9,11-12H,10H2,1-2H3,(H,21,26). The SMILES string of the molecule is Cc1nc(-n2cccc2)sc1C(=O)NCc1cccnc1-c1cnn(C)c1. The van der Waals surface area contributed by atoms with E-state index in [-0.39, 0.29) is 5.91 Å². The fourth-order valence-corrected chi connectivity index (χ4v) is 3.76. The van der Waals surface area contributed by atoms with Crippen LogP contribution < -0.4 is 5.32 Å². The molecule has 0 aliphatic rings. The summed E-state index contributed by atoms with van der Waals surface area (Å²) in [7, 11) is 1.86. The third-order valence-electron chi connectivity index (χ3n) is 4.13. The highest BCUT2D eigenvalue weighted by atomic mass is 32.1. The van der Waals surface area contributed by atoms with Crippen LogP contribution in [0.1, 0.15) is 20.9 Å². The molecule has 4 aromatic rings. The maximum Gasteiger partial charge on any atom is 0.263 e. The Bertz CT molecular complexity index is 1080. The minimum atomic E-state index is -0.135. The number of nitrogens with zero attached hydrogens (tertiary/aromatic N) is 5. The van der Waals surface area contributed by atoms with E-state index in [0.29, 0.717) is 11.4 Å². The van der Waals surface area contributed by atoms with E-state index in [4.69, 9.17) is 0 Å². The van der Waals surface area contributed by atoms with Gasteiger partial charge in [-0.15, -0.1) is 0 Å². The van der Waals surface area contributed by atoms with Crippen LogP contribution in [0.25, 0.3) is 16.4 Å². The van der Waals surface area contributed by atoms with Crippen molar-refractivity contribution in [3.8, 4) is 16.4 Å². The van der Waals surface area contributed by atoms with Crippen LogP contribution in [0, 0.1) is 6.92 Å². The molecule has 8 heteroatoms. The van der Waals surface area contributed by atoms with E-state index >= 15 is 0 Å². The number of hydrogen-bond donors (Lipinski definition) is 1. The van der Waals surface area contributed by atoms with Gasteiger partial charge >= 0.3 is 0 Å². The first-order chi connectivity index (χ1) is 13.1. The maximum atomic E-state index is 12.7. The van der Waals surface area contributed by atoms with E-state index < -0.39 is 0 Å². The Morgan fingerprint density at radius 3 is 2.81 bits per heavy atom. The van der Waals surface area contributed by atoms with Crippen LogP contribution in [0.3, 0.4) is 0 Å². The number of carbonyl (C=O) groups is 1. The van der Waals surface area contributed by atoms with Crippen molar-refractivity contribution >= 4 is 17.2 Å². The molecule has 0 radical (unpaired) electrons. The zero-order chi connectivity index (χ0) is 18.8. The van der Waals surface area contributed by atoms with Crippen molar-refractivity contribution < 1.29 is 4.79 Å². The van der Waals surface area contributed by atoms with Gasteiger partial charge in [-0.1, -0.05) is 17.4 Å². The van der Waals surface area contributed by atoms with Gasteiger partial charge in [0.2, 0.25) is 0 Å². The molecule has 0 atom stereocenters. The van der Waals surface area contributed by atoms with Gasteiger partial charge in [0.15, 0.2) is 5.13 Å². The molecule has 0 aliphatic carbocycles. The summed E-state index contributed by atoms with van der Waals surface area (Å²) in [5.74, 6) is -0.135. The van der Waals surface area contributed by atoms with Gasteiger partial charge in [-0.05, 0) is 30.7 Å². The Labute approximate surface area is 160 Å². The Morgan fingerprint density at radius 2 is 2.07 bits per heavy atom. The number of aryl methyl sites for hydroxylation is 2. The highest BCUT2D eigenvalue weighted by Crippen LogP contribution is 2.23. The van der Waals surface area contributed by atoms with Gasteiger partial charge in [0.1, 0.15) is 4.88 Å². The predicted octanol–water partition coefficient (Wildman–Crippen LogP) is 2.97. The zero-order valence-corrected chi connectivity index (χ0v) is 15.8. The maximum absolute atomic E-state index is 12.7. The summed E-state index contributed by atoms with van der Waals surface area (Å²) in [6.45, 7) is 2.23. The number of carbonyl (C=O) groups excluding carboxylic acids is 1. The summed E-state index contributed by atoms with van der Waals surface area (Å²) in [5.41, 5.74) is 3.40. The van der Waals surface area contributed by atoms with Crippen LogP contribution >= 0.6 is 11.3 Å². The quantitative estimate of drug-likeness (QED) is 0.579. The van der Waals surface area contributed by atoms with Crippen molar-refractivity contribution in [3.63, 3.8) is 0 Å². The van der Waals surface area contributed by atoms with Crippen LogP contribution in [0.2, 0.25) is 0 Å². The van der Waals surface area contributed by atoms with Gasteiger partial charge in [0.05, 0.1) is 17.6 Å². The molecule has 1 N–H and O–H groups in total. The summed E-state index contributed by atoms with van der Waals surface area (Å²) in [5, 5.41) is 7.96. The van der Waals surface area contributed by atoms with E-state index in [1.807, 2.05) is 61.4 Å². The van der Waals surface area contributed by atoms with Crippen molar-refractivity contribution in [2.45, 2.75) is 13.5 Å². The van der Waals surface area contributed by atoms with Crippen molar-refractivity contribution in [2.24, 2.45) is 7.05 Å². The molecule has 0 aliphatic heterocycles. The van der Waals surface area contributed by atoms with Gasteiger partial charge in [0.25, 0.3) is 5.91 Å². The third kappa shape index (κ3) is 3.52. The topological polar surface area (TPSA) is 77.6 Å². The molecule has 4 aromatic heterocycles. The van der Waals surface area contributed by atoms with E-state index in [0.717, 1.165) is 27.6 Å². The molecule has 0 spiro atoms. The molecule has 0 saturated heterocycles. The number of pyridine rings is 1. The number of amides is 1. The Kier molecular flexibility index (Phi) is 4.55. The number of nitrogens with one attached hydrogen (secondary N) is 1. The molecular weight excluding hydrogens is 360 g/mol. The van der Waals surface area contributed by atoms with Crippen molar-refractivity contribution in [1.82, 2.24) is 29.6 Å². The van der Waals surface area contributed by atoms with Gasteiger partial charge in [-0.3, -0.25) is 14.5 Å². The fraction of sp³-hybridized carbons (Fsp3) is 0.158. The normalized spacial score (nSPS) is 10.9. The van der Waals surface area contributed by atoms with Crippen molar-refractivity contribution in [2.75, 3.05) is 0 Å². The lowest BCUT2D eigenvalue weighted by Crippen LogP contribution is -2.23. The first kappa shape index (κ1) is 17.2. The molecule has 0 saturated carbocycles. The van der Waals surface area contributed by atoms with Gasteiger partial charge in [-0.25, -0.2) is 4.98 Å². The lowest BCUT2D eigenvalue weighted by Gasteiger charge is -2.08. The molecule has 27 heavy (non-hydrogen) atoms. The minimum Gasteiger partial charge on any atom is -0.347 e. The summed E-state index contributed by atoms with van der Waals surface area (Å²) in [6.07, 6.45) is 9.24. The van der Waals surface area contributed by atoms with E-state index in [9.17, 15) is 4.79 Å². The molecule has 4 heterocycles. The molecule has 4 rings (SSSR count). The molecule has 0 fully saturated rings. The lowest BCUT2D eigenvalue weighted by molar-refractivity contribution is 0.0954. The molecule has 1 amide bonds. The van der Waals surface area contributed by atoms with E-state index in [1.165, 1.54) is 11.3 Å². The number of thiazole rings is 1. The lowest BCUT2D eigenvalue weighted by atomic mass is 10.1. The van der Waals surface area contributed by atoms with Crippen molar-refractivity contribution in [1.29, 1.82) is 0 Å². The Balaban J connectivity index is 1.52. The first-order valence-corrected chi connectivity index (χ1v) is 9.25. The molecule has 0 bridgehead atoms. The highest BCUT2D eigenvalue weighted by molar-refractivity contribution is 7.16. The molecule has 0 aromatic carbocycles. The van der Waals surface area contributed by atoms with E-state index in [2.05, 4.69) is 20.4 Å². The summed E-state index contributed by atoms with van der Waals surface area (Å²) in [6, 6.07) is 7.68. The average molecular weight is 378 g/mol. The molecule has 7 nitrogen and oxygen atoms in total. The zero-order valence-electron chi connectivity index (χ0n) is 15.0. The molecular formula is C19H18N6OS. The highest BCUT2D eigenvalue weighted by Gasteiger charge is 2.17. The van der Waals surface area contributed by atoms with Crippen LogP contribution in [-0.2, 0) is 13.6 Å². The number of rotatable bonds is 5. The third-order valence-corrected chi connectivity index (χ3v) is 5.30. The number of aromatic nitrogens is 5. The largest absolute Gasteiger partial charge is 0.347 e. The van der Waals surface area contributed by atoms with Gasteiger partial charge < -0.3 is 9.88 Å².